The quantitative estimate of drug-likeness (QED) is 0.834. The summed E-state index contributed by atoms with van der Waals surface area (Å²) in [4.78, 5) is 33.0. The second kappa shape index (κ2) is 6.12. The van der Waals surface area contributed by atoms with Crippen LogP contribution in [0.1, 0.15) is 24.9 Å². The van der Waals surface area contributed by atoms with Crippen molar-refractivity contribution in [2.45, 2.75) is 25.9 Å². The molecule has 1 N–H and O–H groups in total. The lowest BCUT2D eigenvalue weighted by Crippen LogP contribution is -2.27. The van der Waals surface area contributed by atoms with Gasteiger partial charge < -0.3 is 4.84 Å². The van der Waals surface area contributed by atoms with Crippen LogP contribution in [0.25, 0.3) is 0 Å². The minimum absolute atomic E-state index is 0.105. The molecule has 0 aromatic carbocycles. The largest absolute Gasteiger partial charge is 0.433 e. The Kier molecular flexibility index (Phi) is 4.79. The fourth-order valence-corrected chi connectivity index (χ4v) is 0.993. The average molecular weight is 277 g/mol. The number of carbonyl (C=O) groups excluding carboxylic acids is 2. The van der Waals surface area contributed by atoms with Crippen molar-refractivity contribution in [3.8, 4) is 0 Å². The van der Waals surface area contributed by atoms with Crippen molar-refractivity contribution >= 4 is 11.9 Å². The normalized spacial score (nSPS) is 10.9. The number of carbonyl (C=O) groups is 2. The van der Waals surface area contributed by atoms with Crippen molar-refractivity contribution in [1.29, 1.82) is 0 Å². The molecule has 9 heteroatoms. The number of alkyl halides is 3. The van der Waals surface area contributed by atoms with Crippen LogP contribution in [0.4, 0.5) is 13.2 Å². The summed E-state index contributed by atoms with van der Waals surface area (Å²) in [5, 5.41) is 0. The number of hydrogen-bond acceptors (Lipinski definition) is 5. The number of hydroxylamine groups is 1. The first kappa shape index (κ1) is 14.9. The molecule has 1 aromatic rings. The lowest BCUT2D eigenvalue weighted by Gasteiger charge is -2.07. The van der Waals surface area contributed by atoms with Crippen LogP contribution < -0.4 is 5.48 Å². The van der Waals surface area contributed by atoms with Crippen LogP contribution in [-0.4, -0.2) is 21.8 Å². The number of nitrogens with one attached hydrogen (secondary N) is 1. The smallest absolute Gasteiger partial charge is 0.340 e. The summed E-state index contributed by atoms with van der Waals surface area (Å²) in [6.07, 6.45) is -4.19. The molecule has 1 rings (SSSR count). The van der Waals surface area contributed by atoms with Crippen LogP contribution in [0.15, 0.2) is 12.3 Å². The maximum Gasteiger partial charge on any atom is 0.433 e. The maximum absolute atomic E-state index is 12.3. The molecule has 6 nitrogen and oxygen atoms in total. The maximum atomic E-state index is 12.3. The Labute approximate surface area is 105 Å². The molecular formula is C10H10F3N3O3. The van der Waals surface area contributed by atoms with Gasteiger partial charge in [0.05, 0.1) is 0 Å². The minimum atomic E-state index is -4.61. The summed E-state index contributed by atoms with van der Waals surface area (Å²) in [5.41, 5.74) is 0.681. The van der Waals surface area contributed by atoms with Crippen LogP contribution in [0.3, 0.4) is 0 Å². The summed E-state index contributed by atoms with van der Waals surface area (Å²) in [6.45, 7) is 1.54. The Balaban J connectivity index is 2.62. The zero-order valence-electron chi connectivity index (χ0n) is 9.82. The van der Waals surface area contributed by atoms with Gasteiger partial charge in [-0.1, -0.05) is 6.92 Å². The number of nitrogens with zero attached hydrogens (tertiary/aromatic N) is 2. The molecule has 1 heterocycles. The van der Waals surface area contributed by atoms with Crippen molar-refractivity contribution in [2.24, 2.45) is 0 Å². The molecule has 19 heavy (non-hydrogen) atoms. The minimum Gasteiger partial charge on any atom is -0.340 e. The molecule has 0 aliphatic heterocycles. The molecule has 1 aromatic heterocycles. The topological polar surface area (TPSA) is 81.2 Å². The van der Waals surface area contributed by atoms with Gasteiger partial charge in [-0.2, -0.15) is 18.7 Å². The second-order valence-electron chi connectivity index (χ2n) is 3.39. The van der Waals surface area contributed by atoms with Crippen LogP contribution in [0.2, 0.25) is 0 Å². The van der Waals surface area contributed by atoms with Gasteiger partial charge in [0.2, 0.25) is 0 Å². The van der Waals surface area contributed by atoms with Gasteiger partial charge in [0.15, 0.2) is 0 Å². The number of aromatic nitrogens is 2. The summed E-state index contributed by atoms with van der Waals surface area (Å²) in [7, 11) is 0. The van der Waals surface area contributed by atoms with Gasteiger partial charge >= 0.3 is 12.1 Å². The van der Waals surface area contributed by atoms with Crippen LogP contribution >= 0.6 is 0 Å². The highest BCUT2D eigenvalue weighted by Crippen LogP contribution is 2.26. The molecule has 0 fully saturated rings. The summed E-state index contributed by atoms with van der Waals surface area (Å²) in [5.74, 6) is -1.83. The molecule has 0 bridgehead atoms. The summed E-state index contributed by atoms with van der Waals surface area (Å²) in [6, 6.07) is 0.688. The van der Waals surface area contributed by atoms with E-state index in [4.69, 9.17) is 0 Å². The third-order valence-corrected chi connectivity index (χ3v) is 1.90. The summed E-state index contributed by atoms with van der Waals surface area (Å²) >= 11 is 0. The Hall–Kier alpha value is -2.19. The molecule has 0 atom stereocenters. The van der Waals surface area contributed by atoms with Gasteiger partial charge in [0.1, 0.15) is 17.9 Å². The molecule has 0 aliphatic carbocycles. The average Bonchev–Trinajstić information content (AvgIpc) is 2.35. The molecule has 0 saturated carbocycles. The Bertz CT molecular complexity index is 477. The van der Waals surface area contributed by atoms with Gasteiger partial charge in [0.25, 0.3) is 5.91 Å². The monoisotopic (exact) mass is 277 g/mol. The number of amides is 1. The highest BCUT2D eigenvalue weighted by Gasteiger charge is 2.32. The zero-order valence-corrected chi connectivity index (χ0v) is 9.82. The molecule has 104 valence electrons. The predicted octanol–water partition coefficient (Wildman–Crippen LogP) is 1.02. The first-order valence-corrected chi connectivity index (χ1v) is 5.20. The second-order valence-corrected chi connectivity index (χ2v) is 3.39. The SMILES string of the molecule is CCC(=O)NOC(=O)Cc1nccc(C(F)(F)F)n1. The molecule has 0 radical (unpaired) electrons. The lowest BCUT2D eigenvalue weighted by atomic mass is 10.3. The van der Waals surface area contributed by atoms with E-state index in [1.54, 1.807) is 6.92 Å². The van der Waals surface area contributed by atoms with Crippen LogP contribution in [-0.2, 0) is 27.0 Å². The number of halogens is 3. The predicted molar refractivity (Wildman–Crippen MR) is 55.3 cm³/mol. The van der Waals surface area contributed by atoms with Crippen molar-refractivity contribution < 1.29 is 27.6 Å². The van der Waals surface area contributed by atoms with E-state index < -0.39 is 30.2 Å². The van der Waals surface area contributed by atoms with Gasteiger partial charge in [-0.3, -0.25) is 4.79 Å². The summed E-state index contributed by atoms with van der Waals surface area (Å²) < 4.78 is 37.0. The Morgan fingerprint density at radius 1 is 1.42 bits per heavy atom. The molecule has 0 aliphatic rings. The molecule has 0 saturated heterocycles. The van der Waals surface area contributed by atoms with Crippen LogP contribution in [0.5, 0.6) is 0 Å². The van der Waals surface area contributed by atoms with Crippen LogP contribution in [0, 0.1) is 0 Å². The van der Waals surface area contributed by atoms with Crippen molar-refractivity contribution in [3.05, 3.63) is 23.8 Å². The van der Waals surface area contributed by atoms with Crippen molar-refractivity contribution in [1.82, 2.24) is 15.4 Å². The van der Waals surface area contributed by atoms with E-state index in [9.17, 15) is 22.8 Å². The third-order valence-electron chi connectivity index (χ3n) is 1.90. The van der Waals surface area contributed by atoms with Gasteiger partial charge in [0, 0.05) is 12.6 Å². The van der Waals surface area contributed by atoms with E-state index in [0.717, 1.165) is 6.20 Å². The molecule has 1 amide bonds. The highest BCUT2D eigenvalue weighted by atomic mass is 19.4. The van der Waals surface area contributed by atoms with E-state index in [0.29, 0.717) is 6.07 Å². The standard InChI is InChI=1S/C10H10F3N3O3/c1-2-8(17)16-19-9(18)5-7-14-4-3-6(15-7)10(11,12)13/h3-4H,2,5H2,1H3,(H,16,17). The van der Waals surface area contributed by atoms with E-state index >= 15 is 0 Å². The Morgan fingerprint density at radius 2 is 2.11 bits per heavy atom. The number of hydrogen-bond donors (Lipinski definition) is 1. The molecule has 0 spiro atoms. The third kappa shape index (κ3) is 4.90. The van der Waals surface area contributed by atoms with E-state index in [1.165, 1.54) is 0 Å². The van der Waals surface area contributed by atoms with E-state index in [1.807, 2.05) is 5.48 Å². The van der Waals surface area contributed by atoms with Gasteiger partial charge in [-0.25, -0.2) is 14.8 Å². The van der Waals surface area contributed by atoms with Gasteiger partial charge in [-0.15, -0.1) is 0 Å². The first-order chi connectivity index (χ1) is 8.82. The highest BCUT2D eigenvalue weighted by molar-refractivity contribution is 5.78. The fraction of sp³-hybridized carbons (Fsp3) is 0.400. The van der Waals surface area contributed by atoms with E-state index in [-0.39, 0.29) is 12.2 Å². The Morgan fingerprint density at radius 3 is 2.68 bits per heavy atom. The molecular weight excluding hydrogens is 267 g/mol. The lowest BCUT2D eigenvalue weighted by molar-refractivity contribution is -0.157. The zero-order chi connectivity index (χ0) is 14.5. The van der Waals surface area contributed by atoms with Gasteiger partial charge in [-0.05, 0) is 6.07 Å². The first-order valence-electron chi connectivity index (χ1n) is 5.20. The van der Waals surface area contributed by atoms with E-state index in [2.05, 4.69) is 14.8 Å². The van der Waals surface area contributed by atoms with Crippen molar-refractivity contribution in [3.63, 3.8) is 0 Å². The molecule has 0 unspecified atom stereocenters. The van der Waals surface area contributed by atoms with Crippen molar-refractivity contribution in [2.75, 3.05) is 0 Å². The fourth-order valence-electron chi connectivity index (χ4n) is 0.993. The number of rotatable bonds is 3.